The Morgan fingerprint density at radius 3 is 2.35 bits per heavy atom. The fraction of sp³-hybridized carbons (Fsp3) is 0.500. The molecule has 0 amide bonds. The van der Waals surface area contributed by atoms with Gasteiger partial charge in [-0.05, 0) is 38.3 Å². The van der Waals surface area contributed by atoms with E-state index in [1.807, 2.05) is 20.8 Å². The highest BCUT2D eigenvalue weighted by Gasteiger charge is 2.16. The number of nitrogens with zero attached hydrogens (tertiary/aromatic N) is 1. The van der Waals surface area contributed by atoms with E-state index in [4.69, 9.17) is 15.1 Å². The van der Waals surface area contributed by atoms with E-state index in [1.54, 1.807) is 0 Å². The predicted molar refractivity (Wildman–Crippen MR) is 66.7 cm³/mol. The molecule has 0 aromatic heterocycles. The van der Waals surface area contributed by atoms with Crippen molar-refractivity contribution in [2.45, 2.75) is 33.3 Å². The second kappa shape index (κ2) is 6.39. The van der Waals surface area contributed by atoms with Crippen LogP contribution in [0.2, 0.25) is 0 Å². The zero-order chi connectivity index (χ0) is 12.8. The fourth-order valence-corrected chi connectivity index (χ4v) is 2.06. The van der Waals surface area contributed by atoms with Crippen LogP contribution in [0.25, 0.3) is 0 Å². The first-order valence-electron chi connectivity index (χ1n) is 5.80. The lowest BCUT2D eigenvalue weighted by Crippen LogP contribution is -2.08. The minimum absolute atomic E-state index is 0.0873. The molecule has 92 valence electrons. The van der Waals surface area contributed by atoms with E-state index in [-0.39, 0.29) is 6.61 Å². The van der Waals surface area contributed by atoms with Crippen molar-refractivity contribution in [2.75, 3.05) is 13.2 Å². The molecule has 1 aromatic carbocycles. The molecule has 0 fully saturated rings. The van der Waals surface area contributed by atoms with Crippen molar-refractivity contribution < 1.29 is 9.84 Å². The van der Waals surface area contributed by atoms with Gasteiger partial charge in [0.2, 0.25) is 0 Å². The van der Waals surface area contributed by atoms with E-state index < -0.39 is 6.10 Å². The number of aliphatic hydroxyl groups excluding tert-OH is 1. The van der Waals surface area contributed by atoms with Gasteiger partial charge in [-0.15, -0.1) is 0 Å². The van der Waals surface area contributed by atoms with Gasteiger partial charge in [-0.25, -0.2) is 0 Å². The van der Waals surface area contributed by atoms with Gasteiger partial charge in [0, 0.05) is 12.2 Å². The van der Waals surface area contributed by atoms with Gasteiger partial charge in [0.1, 0.15) is 0 Å². The summed E-state index contributed by atoms with van der Waals surface area (Å²) in [5.41, 5.74) is 4.31. The SMILES string of the molecule is Cc1cc(C)c(C(C#N)OCCCO)c(C)c1. The average molecular weight is 233 g/mol. The molecule has 0 radical (unpaired) electrons. The van der Waals surface area contributed by atoms with Crippen LogP contribution in [-0.2, 0) is 4.74 Å². The first-order chi connectivity index (χ1) is 8.10. The van der Waals surface area contributed by atoms with E-state index in [1.165, 1.54) is 5.56 Å². The van der Waals surface area contributed by atoms with E-state index in [9.17, 15) is 0 Å². The van der Waals surface area contributed by atoms with Gasteiger partial charge < -0.3 is 9.84 Å². The molecule has 17 heavy (non-hydrogen) atoms. The summed E-state index contributed by atoms with van der Waals surface area (Å²) in [6, 6.07) is 6.29. The molecule has 1 aromatic rings. The van der Waals surface area contributed by atoms with Gasteiger partial charge >= 0.3 is 0 Å². The standard InChI is InChI=1S/C14H19NO2/c1-10-7-11(2)14(12(3)8-10)13(9-15)17-6-4-5-16/h7-8,13,16H,4-6H2,1-3H3. The second-order valence-electron chi connectivity index (χ2n) is 4.27. The van der Waals surface area contributed by atoms with Crippen molar-refractivity contribution in [3.8, 4) is 6.07 Å². The summed E-state index contributed by atoms with van der Waals surface area (Å²) in [7, 11) is 0. The molecule has 0 saturated heterocycles. The normalized spacial score (nSPS) is 12.2. The molecule has 3 heteroatoms. The summed E-state index contributed by atoms with van der Waals surface area (Å²) in [5.74, 6) is 0. The Morgan fingerprint density at radius 2 is 1.88 bits per heavy atom. The van der Waals surface area contributed by atoms with E-state index in [0.29, 0.717) is 13.0 Å². The van der Waals surface area contributed by atoms with Crippen molar-refractivity contribution in [3.63, 3.8) is 0 Å². The Morgan fingerprint density at radius 1 is 1.29 bits per heavy atom. The highest BCUT2D eigenvalue weighted by molar-refractivity contribution is 5.41. The number of nitriles is 1. The number of ether oxygens (including phenoxy) is 1. The summed E-state index contributed by atoms with van der Waals surface area (Å²) in [4.78, 5) is 0. The zero-order valence-electron chi connectivity index (χ0n) is 10.7. The third-order valence-corrected chi connectivity index (χ3v) is 2.70. The Hall–Kier alpha value is -1.37. The van der Waals surface area contributed by atoms with Crippen molar-refractivity contribution in [1.82, 2.24) is 0 Å². The molecule has 0 saturated carbocycles. The molecule has 0 aliphatic carbocycles. The van der Waals surface area contributed by atoms with Gasteiger partial charge in [-0.3, -0.25) is 0 Å². The monoisotopic (exact) mass is 233 g/mol. The summed E-state index contributed by atoms with van der Waals surface area (Å²) in [6.07, 6.45) is 0.0180. The van der Waals surface area contributed by atoms with Crippen molar-refractivity contribution in [1.29, 1.82) is 5.26 Å². The molecule has 1 N–H and O–H groups in total. The lowest BCUT2D eigenvalue weighted by Gasteiger charge is -2.16. The van der Waals surface area contributed by atoms with Crippen LogP contribution in [0.3, 0.4) is 0 Å². The maximum Gasteiger partial charge on any atom is 0.169 e. The lowest BCUT2D eigenvalue weighted by molar-refractivity contribution is 0.0767. The van der Waals surface area contributed by atoms with E-state index >= 15 is 0 Å². The van der Waals surface area contributed by atoms with E-state index in [0.717, 1.165) is 16.7 Å². The third kappa shape index (κ3) is 3.55. The molecule has 0 heterocycles. The maximum absolute atomic E-state index is 9.16. The van der Waals surface area contributed by atoms with Gasteiger partial charge in [0.15, 0.2) is 6.10 Å². The smallest absolute Gasteiger partial charge is 0.169 e. The molecular weight excluding hydrogens is 214 g/mol. The van der Waals surface area contributed by atoms with Gasteiger partial charge in [0.05, 0.1) is 12.7 Å². The van der Waals surface area contributed by atoms with Crippen molar-refractivity contribution in [2.24, 2.45) is 0 Å². The number of aliphatic hydroxyl groups is 1. The molecular formula is C14H19NO2. The van der Waals surface area contributed by atoms with Crippen molar-refractivity contribution in [3.05, 3.63) is 34.4 Å². The topological polar surface area (TPSA) is 53.2 Å². The van der Waals surface area contributed by atoms with Gasteiger partial charge in [-0.2, -0.15) is 5.26 Å². The largest absolute Gasteiger partial charge is 0.396 e. The first kappa shape index (κ1) is 13.7. The summed E-state index contributed by atoms with van der Waals surface area (Å²) < 4.78 is 5.50. The van der Waals surface area contributed by atoms with Crippen LogP contribution in [0, 0.1) is 32.1 Å². The van der Waals surface area contributed by atoms with Crippen LogP contribution in [0.4, 0.5) is 0 Å². The molecule has 0 aliphatic rings. The second-order valence-corrected chi connectivity index (χ2v) is 4.27. The third-order valence-electron chi connectivity index (χ3n) is 2.70. The highest BCUT2D eigenvalue weighted by atomic mass is 16.5. The average Bonchev–Trinajstić information content (AvgIpc) is 2.25. The van der Waals surface area contributed by atoms with Crippen LogP contribution >= 0.6 is 0 Å². The quantitative estimate of drug-likeness (QED) is 0.795. The Bertz CT molecular complexity index is 398. The Labute approximate surface area is 103 Å². The van der Waals surface area contributed by atoms with E-state index in [2.05, 4.69) is 18.2 Å². The molecule has 1 unspecified atom stereocenters. The predicted octanol–water partition coefficient (Wildman–Crippen LogP) is 2.58. The van der Waals surface area contributed by atoms with Crippen molar-refractivity contribution >= 4 is 0 Å². The molecule has 1 atom stereocenters. The van der Waals surface area contributed by atoms with Crippen LogP contribution in [-0.4, -0.2) is 18.3 Å². The lowest BCUT2D eigenvalue weighted by atomic mass is 9.96. The molecule has 0 bridgehead atoms. The van der Waals surface area contributed by atoms with Crippen LogP contribution in [0.1, 0.15) is 34.8 Å². The molecule has 0 aliphatic heterocycles. The molecule has 3 nitrogen and oxygen atoms in total. The summed E-state index contributed by atoms with van der Waals surface area (Å²) >= 11 is 0. The first-order valence-corrected chi connectivity index (χ1v) is 5.80. The molecule has 0 spiro atoms. The number of benzene rings is 1. The number of rotatable bonds is 5. The highest BCUT2D eigenvalue weighted by Crippen LogP contribution is 2.25. The number of hydrogen-bond donors (Lipinski definition) is 1. The Balaban J connectivity index is 2.93. The number of aryl methyl sites for hydroxylation is 3. The zero-order valence-corrected chi connectivity index (χ0v) is 10.7. The van der Waals surface area contributed by atoms with Crippen LogP contribution in [0.15, 0.2) is 12.1 Å². The van der Waals surface area contributed by atoms with Gasteiger partial charge in [0.25, 0.3) is 0 Å². The summed E-state index contributed by atoms with van der Waals surface area (Å²) in [5, 5.41) is 17.9. The van der Waals surface area contributed by atoms with Gasteiger partial charge in [-0.1, -0.05) is 17.7 Å². The van der Waals surface area contributed by atoms with Crippen LogP contribution < -0.4 is 0 Å². The minimum atomic E-state index is -0.540. The fourth-order valence-electron chi connectivity index (χ4n) is 2.06. The Kier molecular flexibility index (Phi) is 5.14. The summed E-state index contributed by atoms with van der Waals surface area (Å²) in [6.45, 7) is 6.52. The number of hydrogen-bond acceptors (Lipinski definition) is 3. The molecule has 1 rings (SSSR count). The minimum Gasteiger partial charge on any atom is -0.396 e. The van der Waals surface area contributed by atoms with Crippen LogP contribution in [0.5, 0.6) is 0 Å². The maximum atomic E-state index is 9.16.